The van der Waals surface area contributed by atoms with Gasteiger partial charge in [0, 0.05) is 38.6 Å². The number of benzene rings is 2. The summed E-state index contributed by atoms with van der Waals surface area (Å²) in [4.78, 5) is 17.0. The maximum Gasteiger partial charge on any atom is 0.151 e. The third-order valence-electron chi connectivity index (χ3n) is 5.65. The summed E-state index contributed by atoms with van der Waals surface area (Å²) in [5, 5.41) is 0. The average molecular weight is 334 g/mol. The van der Waals surface area contributed by atoms with Crippen molar-refractivity contribution >= 4 is 5.78 Å². The molecule has 0 spiro atoms. The lowest BCUT2D eigenvalue weighted by Crippen LogP contribution is -2.50. The van der Waals surface area contributed by atoms with Crippen LogP contribution in [0.2, 0.25) is 0 Å². The van der Waals surface area contributed by atoms with Gasteiger partial charge in [0.2, 0.25) is 0 Å². The van der Waals surface area contributed by atoms with Crippen LogP contribution in [0.25, 0.3) is 0 Å². The summed E-state index contributed by atoms with van der Waals surface area (Å²) in [6.07, 6.45) is 2.88. The number of ketones is 1. The van der Waals surface area contributed by atoms with Crippen LogP contribution >= 0.6 is 0 Å². The van der Waals surface area contributed by atoms with E-state index in [4.69, 9.17) is 0 Å². The van der Waals surface area contributed by atoms with Gasteiger partial charge in [-0.2, -0.15) is 0 Å². The highest BCUT2D eigenvalue weighted by Gasteiger charge is 2.38. The van der Waals surface area contributed by atoms with Crippen molar-refractivity contribution in [2.75, 3.05) is 13.1 Å². The standard InChI is InChI=1S/C22H26N2O/c25-22-13-14-23-17-20(11-12-21(22)23)24(15-18-7-3-1-4-8-18)16-19-9-5-2-6-10-19/h1-10,20-21H,11-17H2/t20-,21+/m0/s1. The molecule has 0 amide bonds. The Morgan fingerprint density at radius 3 is 2.08 bits per heavy atom. The molecule has 2 saturated heterocycles. The molecule has 25 heavy (non-hydrogen) atoms. The first-order valence-electron chi connectivity index (χ1n) is 9.38. The van der Waals surface area contributed by atoms with Gasteiger partial charge in [0.25, 0.3) is 0 Å². The molecule has 130 valence electrons. The Morgan fingerprint density at radius 2 is 1.48 bits per heavy atom. The van der Waals surface area contributed by atoms with Crippen LogP contribution in [-0.4, -0.2) is 40.8 Å². The molecular formula is C22H26N2O. The van der Waals surface area contributed by atoms with Gasteiger partial charge in [0.05, 0.1) is 6.04 Å². The number of rotatable bonds is 5. The summed E-state index contributed by atoms with van der Waals surface area (Å²) < 4.78 is 0. The van der Waals surface area contributed by atoms with E-state index >= 15 is 0 Å². The van der Waals surface area contributed by atoms with Crippen LogP contribution < -0.4 is 0 Å². The fraction of sp³-hybridized carbons (Fsp3) is 0.409. The molecule has 2 aliphatic rings. The van der Waals surface area contributed by atoms with Crippen LogP contribution in [0.5, 0.6) is 0 Å². The summed E-state index contributed by atoms with van der Waals surface area (Å²) >= 11 is 0. The fourth-order valence-electron chi connectivity index (χ4n) is 4.30. The van der Waals surface area contributed by atoms with E-state index in [1.165, 1.54) is 11.1 Å². The third-order valence-corrected chi connectivity index (χ3v) is 5.65. The minimum Gasteiger partial charge on any atom is -0.298 e. The Labute approximate surface area is 150 Å². The highest BCUT2D eigenvalue weighted by molar-refractivity contribution is 5.86. The minimum absolute atomic E-state index is 0.201. The molecule has 2 fully saturated rings. The van der Waals surface area contributed by atoms with Crippen molar-refractivity contribution in [1.82, 2.24) is 9.80 Å². The Balaban J connectivity index is 1.51. The second-order valence-corrected chi connectivity index (χ2v) is 7.33. The number of Topliss-reactive ketones (excluding diaryl/α,β-unsaturated/α-hetero) is 1. The lowest BCUT2D eigenvalue weighted by Gasteiger charge is -2.40. The fourth-order valence-corrected chi connectivity index (χ4v) is 4.30. The molecule has 0 unspecified atom stereocenters. The molecule has 2 heterocycles. The van der Waals surface area contributed by atoms with Crippen molar-refractivity contribution in [3.63, 3.8) is 0 Å². The van der Waals surface area contributed by atoms with Crippen LogP contribution in [-0.2, 0) is 17.9 Å². The first kappa shape index (κ1) is 16.5. The van der Waals surface area contributed by atoms with Crippen molar-refractivity contribution < 1.29 is 4.79 Å². The van der Waals surface area contributed by atoms with Gasteiger partial charge in [-0.3, -0.25) is 14.6 Å². The topological polar surface area (TPSA) is 23.6 Å². The van der Waals surface area contributed by atoms with Gasteiger partial charge in [-0.05, 0) is 24.0 Å². The predicted molar refractivity (Wildman–Crippen MR) is 100 cm³/mol. The van der Waals surface area contributed by atoms with Crippen molar-refractivity contribution in [3.8, 4) is 0 Å². The second kappa shape index (κ2) is 7.51. The molecule has 2 aliphatic heterocycles. The van der Waals surface area contributed by atoms with Gasteiger partial charge in [-0.25, -0.2) is 0 Å². The van der Waals surface area contributed by atoms with E-state index in [1.807, 2.05) is 0 Å². The van der Waals surface area contributed by atoms with E-state index in [0.29, 0.717) is 11.8 Å². The minimum atomic E-state index is 0.201. The van der Waals surface area contributed by atoms with Gasteiger partial charge >= 0.3 is 0 Å². The summed E-state index contributed by atoms with van der Waals surface area (Å²) in [5.74, 6) is 0.455. The first-order chi connectivity index (χ1) is 12.3. The van der Waals surface area contributed by atoms with Crippen molar-refractivity contribution in [3.05, 3.63) is 71.8 Å². The normalized spacial score (nSPS) is 23.8. The number of carbonyl (C=O) groups is 1. The van der Waals surface area contributed by atoms with E-state index in [9.17, 15) is 4.79 Å². The molecular weight excluding hydrogens is 308 g/mol. The smallest absolute Gasteiger partial charge is 0.151 e. The third kappa shape index (κ3) is 3.83. The molecule has 0 saturated carbocycles. The SMILES string of the molecule is O=C1CCN2C[C@@H](N(Cc3ccccc3)Cc3ccccc3)CC[C@H]12. The second-order valence-electron chi connectivity index (χ2n) is 7.33. The maximum absolute atomic E-state index is 12.0. The zero-order valence-electron chi connectivity index (χ0n) is 14.7. The van der Waals surface area contributed by atoms with E-state index < -0.39 is 0 Å². The zero-order chi connectivity index (χ0) is 17.1. The quantitative estimate of drug-likeness (QED) is 0.836. The number of carbonyl (C=O) groups excluding carboxylic acids is 1. The molecule has 3 nitrogen and oxygen atoms in total. The molecule has 2 atom stereocenters. The van der Waals surface area contributed by atoms with E-state index in [0.717, 1.165) is 45.4 Å². The lowest BCUT2D eigenvalue weighted by molar-refractivity contribution is -0.121. The van der Waals surface area contributed by atoms with Crippen LogP contribution in [0.3, 0.4) is 0 Å². The number of hydrogen-bond acceptors (Lipinski definition) is 3. The van der Waals surface area contributed by atoms with Gasteiger partial charge < -0.3 is 0 Å². The average Bonchev–Trinajstić information content (AvgIpc) is 3.03. The van der Waals surface area contributed by atoms with Crippen LogP contribution in [0.15, 0.2) is 60.7 Å². The van der Waals surface area contributed by atoms with Crippen LogP contribution in [0.4, 0.5) is 0 Å². The molecule has 0 aromatic heterocycles. The number of hydrogen-bond donors (Lipinski definition) is 0. The zero-order valence-corrected chi connectivity index (χ0v) is 14.7. The molecule has 2 aromatic carbocycles. The molecule has 0 radical (unpaired) electrons. The number of piperidine rings is 1. The van der Waals surface area contributed by atoms with E-state index in [1.54, 1.807) is 0 Å². The van der Waals surface area contributed by atoms with Crippen molar-refractivity contribution in [1.29, 1.82) is 0 Å². The summed E-state index contributed by atoms with van der Waals surface area (Å²) in [6.45, 7) is 3.90. The Hall–Kier alpha value is -1.97. The van der Waals surface area contributed by atoms with E-state index in [-0.39, 0.29) is 6.04 Å². The largest absolute Gasteiger partial charge is 0.298 e. The molecule has 0 aliphatic carbocycles. The molecule has 3 heteroatoms. The monoisotopic (exact) mass is 334 g/mol. The molecule has 0 bridgehead atoms. The maximum atomic E-state index is 12.0. The Kier molecular flexibility index (Phi) is 4.95. The molecule has 4 rings (SSSR count). The molecule has 0 N–H and O–H groups in total. The van der Waals surface area contributed by atoms with Gasteiger partial charge in [0.1, 0.15) is 0 Å². The summed E-state index contributed by atoms with van der Waals surface area (Å²) in [6, 6.07) is 22.2. The lowest BCUT2D eigenvalue weighted by atomic mass is 9.96. The van der Waals surface area contributed by atoms with Gasteiger partial charge in [0.15, 0.2) is 5.78 Å². The van der Waals surface area contributed by atoms with Gasteiger partial charge in [-0.15, -0.1) is 0 Å². The Morgan fingerprint density at radius 1 is 0.880 bits per heavy atom. The van der Waals surface area contributed by atoms with Crippen molar-refractivity contribution in [2.45, 2.75) is 44.4 Å². The predicted octanol–water partition coefficient (Wildman–Crippen LogP) is 3.49. The molecule has 2 aromatic rings. The van der Waals surface area contributed by atoms with Crippen LogP contribution in [0.1, 0.15) is 30.4 Å². The number of fused-ring (bicyclic) bond motifs is 1. The Bertz CT molecular complexity index is 659. The highest BCUT2D eigenvalue weighted by Crippen LogP contribution is 2.28. The number of nitrogens with zero attached hydrogens (tertiary/aromatic N) is 2. The van der Waals surface area contributed by atoms with E-state index in [2.05, 4.69) is 70.5 Å². The first-order valence-corrected chi connectivity index (χ1v) is 9.38. The van der Waals surface area contributed by atoms with Gasteiger partial charge in [-0.1, -0.05) is 60.7 Å². The highest BCUT2D eigenvalue weighted by atomic mass is 16.1. The van der Waals surface area contributed by atoms with Crippen LogP contribution in [0, 0.1) is 0 Å². The summed E-state index contributed by atoms with van der Waals surface area (Å²) in [7, 11) is 0. The summed E-state index contributed by atoms with van der Waals surface area (Å²) in [5.41, 5.74) is 2.72. The van der Waals surface area contributed by atoms with Crippen molar-refractivity contribution in [2.24, 2.45) is 0 Å².